The van der Waals surface area contributed by atoms with Crippen LogP contribution in [0.4, 0.5) is 5.69 Å². The number of fused-ring (bicyclic) bond motifs is 1. The van der Waals surface area contributed by atoms with Gasteiger partial charge in [-0.05, 0) is 67.9 Å². The highest BCUT2D eigenvalue weighted by Gasteiger charge is 2.28. The van der Waals surface area contributed by atoms with Crippen molar-refractivity contribution in [1.82, 2.24) is 10.2 Å². The molecule has 2 N–H and O–H groups in total. The lowest BCUT2D eigenvalue weighted by Gasteiger charge is -2.20. The summed E-state index contributed by atoms with van der Waals surface area (Å²) in [4.78, 5) is 27.3. The van der Waals surface area contributed by atoms with Crippen LogP contribution in [-0.2, 0) is 4.79 Å². The minimum absolute atomic E-state index is 0.388. The van der Waals surface area contributed by atoms with E-state index in [0.29, 0.717) is 22.7 Å². The first kappa shape index (κ1) is 19.3. The van der Waals surface area contributed by atoms with Crippen molar-refractivity contribution in [1.29, 1.82) is 0 Å². The molecular formula is C25H23N3O3. The van der Waals surface area contributed by atoms with Crippen molar-refractivity contribution >= 4 is 23.1 Å². The van der Waals surface area contributed by atoms with Crippen LogP contribution in [0.2, 0.25) is 0 Å². The summed E-state index contributed by atoms with van der Waals surface area (Å²) in [6.45, 7) is 1.13. The third-order valence-electron chi connectivity index (χ3n) is 6.08. The number of imide groups is 1. The van der Waals surface area contributed by atoms with Crippen LogP contribution in [0.1, 0.15) is 40.4 Å². The fraction of sp³-hybridized carbons (Fsp3) is 0.200. The maximum atomic E-state index is 12.6. The zero-order chi connectivity index (χ0) is 21.4. The second kappa shape index (κ2) is 7.89. The van der Waals surface area contributed by atoms with Gasteiger partial charge in [-0.1, -0.05) is 18.2 Å². The molecule has 1 unspecified atom stereocenters. The molecule has 0 aliphatic carbocycles. The molecule has 1 aromatic heterocycles. The molecule has 2 aromatic carbocycles. The van der Waals surface area contributed by atoms with Gasteiger partial charge in [0.15, 0.2) is 0 Å². The van der Waals surface area contributed by atoms with Crippen LogP contribution in [-0.4, -0.2) is 30.3 Å². The number of furan rings is 1. The minimum atomic E-state index is -0.418. The van der Waals surface area contributed by atoms with Crippen molar-refractivity contribution in [2.24, 2.45) is 0 Å². The molecule has 6 heteroatoms. The van der Waals surface area contributed by atoms with Crippen molar-refractivity contribution in [2.75, 3.05) is 18.9 Å². The van der Waals surface area contributed by atoms with Gasteiger partial charge >= 0.3 is 0 Å². The molecule has 0 spiro atoms. The predicted octanol–water partition coefficient (Wildman–Crippen LogP) is 4.44. The zero-order valence-corrected chi connectivity index (χ0v) is 17.2. The summed E-state index contributed by atoms with van der Waals surface area (Å²) in [6, 6.07) is 16.0. The molecule has 6 nitrogen and oxygen atoms in total. The van der Waals surface area contributed by atoms with Crippen LogP contribution >= 0.6 is 0 Å². The van der Waals surface area contributed by atoms with Gasteiger partial charge in [-0.15, -0.1) is 0 Å². The normalized spacial score (nSPS) is 20.0. The van der Waals surface area contributed by atoms with Crippen LogP contribution in [0.3, 0.4) is 0 Å². The Balaban J connectivity index is 1.43. The van der Waals surface area contributed by atoms with Gasteiger partial charge in [0.1, 0.15) is 0 Å². The Bertz CT molecular complexity index is 1160. The van der Waals surface area contributed by atoms with Crippen LogP contribution in [0, 0.1) is 0 Å². The van der Waals surface area contributed by atoms with Gasteiger partial charge in [-0.2, -0.15) is 0 Å². The molecule has 5 rings (SSSR count). The third-order valence-corrected chi connectivity index (χ3v) is 6.08. The molecule has 1 saturated heterocycles. The summed E-state index contributed by atoms with van der Waals surface area (Å²) in [6.07, 6.45) is 7.30. The number of rotatable bonds is 4. The Morgan fingerprint density at radius 3 is 2.58 bits per heavy atom. The Morgan fingerprint density at radius 1 is 1.03 bits per heavy atom. The van der Waals surface area contributed by atoms with E-state index in [9.17, 15) is 9.59 Å². The SMILES string of the molecule is CN1CCCC1c1ccc(NC=C2C(=O)NC(=O)c3ccc(-c4ccoc4)cc32)cc1. The third kappa shape index (κ3) is 3.66. The van der Waals surface area contributed by atoms with Crippen molar-refractivity contribution in [3.8, 4) is 11.1 Å². The lowest BCUT2D eigenvalue weighted by molar-refractivity contribution is -0.114. The molecule has 2 aliphatic rings. The van der Waals surface area contributed by atoms with Gasteiger partial charge in [0.05, 0.1) is 18.1 Å². The topological polar surface area (TPSA) is 74.6 Å². The van der Waals surface area contributed by atoms with E-state index in [4.69, 9.17) is 4.42 Å². The molecule has 156 valence electrons. The van der Waals surface area contributed by atoms with Crippen molar-refractivity contribution in [3.05, 3.63) is 83.9 Å². The number of hydrogen-bond donors (Lipinski definition) is 2. The summed E-state index contributed by atoms with van der Waals surface area (Å²) in [5, 5.41) is 5.63. The molecule has 3 heterocycles. The van der Waals surface area contributed by atoms with Crippen molar-refractivity contribution in [3.63, 3.8) is 0 Å². The van der Waals surface area contributed by atoms with Gasteiger partial charge < -0.3 is 9.73 Å². The van der Waals surface area contributed by atoms with Gasteiger partial charge in [0.25, 0.3) is 11.8 Å². The number of benzene rings is 2. The number of amides is 2. The van der Waals surface area contributed by atoms with Crippen LogP contribution in [0.5, 0.6) is 0 Å². The summed E-state index contributed by atoms with van der Waals surface area (Å²) < 4.78 is 5.16. The quantitative estimate of drug-likeness (QED) is 0.489. The average molecular weight is 413 g/mol. The predicted molar refractivity (Wildman–Crippen MR) is 119 cm³/mol. The molecule has 3 aromatic rings. The van der Waals surface area contributed by atoms with E-state index in [-0.39, 0.29) is 5.91 Å². The number of nitrogens with zero attached hydrogens (tertiary/aromatic N) is 1. The van der Waals surface area contributed by atoms with E-state index in [1.54, 1.807) is 24.8 Å². The number of anilines is 1. The Kier molecular flexibility index (Phi) is 4.92. The second-order valence-electron chi connectivity index (χ2n) is 8.02. The summed E-state index contributed by atoms with van der Waals surface area (Å²) in [5.74, 6) is -0.806. The Morgan fingerprint density at radius 2 is 1.87 bits per heavy atom. The standard InChI is InChI=1S/C25H23N3O3/c1-28-11-2-3-23(28)16-4-7-19(8-5-16)26-14-22-21-13-17(18-10-12-31-15-18)6-9-20(21)24(29)27-25(22)30/h4-10,12-15,23,26H,2-3,11H2,1H3,(H,27,29,30). The minimum Gasteiger partial charge on any atom is -0.472 e. The molecule has 31 heavy (non-hydrogen) atoms. The van der Waals surface area contributed by atoms with E-state index in [1.807, 2.05) is 30.3 Å². The summed E-state index contributed by atoms with van der Waals surface area (Å²) in [7, 11) is 2.16. The second-order valence-corrected chi connectivity index (χ2v) is 8.02. The largest absolute Gasteiger partial charge is 0.472 e. The van der Waals surface area contributed by atoms with Gasteiger partial charge in [0, 0.05) is 34.6 Å². The number of carbonyl (C=O) groups is 2. The molecule has 0 bridgehead atoms. The highest BCUT2D eigenvalue weighted by atomic mass is 16.3. The zero-order valence-electron chi connectivity index (χ0n) is 17.2. The summed E-state index contributed by atoms with van der Waals surface area (Å²) in [5.41, 5.74) is 5.44. The molecular weight excluding hydrogens is 390 g/mol. The number of hydrogen-bond acceptors (Lipinski definition) is 5. The monoisotopic (exact) mass is 413 g/mol. The first-order chi connectivity index (χ1) is 15.1. The molecule has 0 radical (unpaired) electrons. The van der Waals surface area contributed by atoms with E-state index >= 15 is 0 Å². The smallest absolute Gasteiger partial charge is 0.260 e. The lowest BCUT2D eigenvalue weighted by Crippen LogP contribution is -2.36. The van der Waals surface area contributed by atoms with E-state index < -0.39 is 5.91 Å². The Labute approximate surface area is 180 Å². The van der Waals surface area contributed by atoms with Crippen LogP contribution in [0.25, 0.3) is 16.7 Å². The fourth-order valence-electron chi connectivity index (χ4n) is 4.37. The highest BCUT2D eigenvalue weighted by molar-refractivity contribution is 6.31. The van der Waals surface area contributed by atoms with Gasteiger partial charge in [-0.25, -0.2) is 0 Å². The van der Waals surface area contributed by atoms with Gasteiger partial charge in [0.2, 0.25) is 0 Å². The fourth-order valence-corrected chi connectivity index (χ4v) is 4.37. The maximum Gasteiger partial charge on any atom is 0.260 e. The van der Waals surface area contributed by atoms with E-state index in [1.165, 1.54) is 18.4 Å². The van der Waals surface area contributed by atoms with Crippen LogP contribution < -0.4 is 10.6 Å². The first-order valence-corrected chi connectivity index (χ1v) is 10.4. The summed E-state index contributed by atoms with van der Waals surface area (Å²) >= 11 is 0. The Hall–Kier alpha value is -3.64. The first-order valence-electron chi connectivity index (χ1n) is 10.4. The number of nitrogens with one attached hydrogen (secondary N) is 2. The molecule has 2 aliphatic heterocycles. The average Bonchev–Trinajstić information content (AvgIpc) is 3.46. The lowest BCUT2D eigenvalue weighted by atomic mass is 9.92. The molecule has 1 atom stereocenters. The van der Waals surface area contributed by atoms with Gasteiger partial charge in [-0.3, -0.25) is 19.8 Å². The van der Waals surface area contributed by atoms with E-state index in [0.717, 1.165) is 23.4 Å². The van der Waals surface area contributed by atoms with E-state index in [2.05, 4.69) is 34.7 Å². The van der Waals surface area contributed by atoms with Crippen molar-refractivity contribution < 1.29 is 14.0 Å². The molecule has 0 saturated carbocycles. The number of carbonyl (C=O) groups excluding carboxylic acids is 2. The number of likely N-dealkylation sites (tertiary alicyclic amines) is 1. The molecule has 1 fully saturated rings. The molecule has 2 amide bonds. The highest BCUT2D eigenvalue weighted by Crippen LogP contribution is 2.32. The maximum absolute atomic E-state index is 12.6. The van der Waals surface area contributed by atoms with Crippen molar-refractivity contribution in [2.45, 2.75) is 18.9 Å². The van der Waals surface area contributed by atoms with Crippen LogP contribution in [0.15, 0.2) is 71.7 Å².